The Morgan fingerprint density at radius 2 is 1.44 bits per heavy atom. The maximum atomic E-state index is 2.28. The normalized spacial score (nSPS) is 11.3. The maximum Gasteiger partial charge on any atom is 0.220 e. The predicted molar refractivity (Wildman–Crippen MR) is 76.8 cm³/mol. The Balaban J connectivity index is 2.61. The molecule has 1 nitrogen and oxygen atoms in total. The molecule has 0 unspecified atom stereocenters. The number of hydrogen-bond donors (Lipinski definition) is 0. The van der Waals surface area contributed by atoms with Gasteiger partial charge in [0, 0.05) is 18.4 Å². The van der Waals surface area contributed by atoms with Crippen LogP contribution in [0.5, 0.6) is 0 Å². The van der Waals surface area contributed by atoms with E-state index in [4.69, 9.17) is 0 Å². The molecular formula is C17H18N+. The van der Waals surface area contributed by atoms with E-state index in [1.54, 1.807) is 0 Å². The van der Waals surface area contributed by atoms with Crippen LogP contribution < -0.4 is 4.57 Å². The van der Waals surface area contributed by atoms with E-state index in [0.717, 1.165) is 0 Å². The molecule has 0 radical (unpaired) electrons. The first-order valence-electron chi connectivity index (χ1n) is 6.38. The van der Waals surface area contributed by atoms with Gasteiger partial charge in [0.15, 0.2) is 5.69 Å². The molecule has 0 saturated heterocycles. The first-order valence-corrected chi connectivity index (χ1v) is 6.38. The zero-order chi connectivity index (χ0) is 12.9. The largest absolute Gasteiger partial charge is 0.220 e. The van der Waals surface area contributed by atoms with Crippen LogP contribution >= 0.6 is 0 Å². The molecule has 3 aromatic rings. The lowest BCUT2D eigenvalue weighted by Crippen LogP contribution is -2.32. The van der Waals surface area contributed by atoms with Crippen molar-refractivity contribution in [1.82, 2.24) is 0 Å². The third kappa shape index (κ3) is 1.43. The van der Waals surface area contributed by atoms with Crippen LogP contribution in [0, 0.1) is 20.8 Å². The van der Waals surface area contributed by atoms with Crippen LogP contribution in [0.3, 0.4) is 0 Å². The second-order valence-corrected chi connectivity index (χ2v) is 5.14. The molecule has 2 aromatic carbocycles. The van der Waals surface area contributed by atoms with Crippen molar-refractivity contribution in [1.29, 1.82) is 0 Å². The molecule has 1 heteroatoms. The Bertz CT molecular complexity index is 770. The van der Waals surface area contributed by atoms with E-state index < -0.39 is 0 Å². The fourth-order valence-electron chi connectivity index (χ4n) is 2.67. The quantitative estimate of drug-likeness (QED) is 0.413. The van der Waals surface area contributed by atoms with Crippen LogP contribution in [0.25, 0.3) is 21.7 Å². The van der Waals surface area contributed by atoms with E-state index in [1.165, 1.54) is 38.5 Å². The third-order valence-corrected chi connectivity index (χ3v) is 4.11. The summed E-state index contributed by atoms with van der Waals surface area (Å²) in [7, 11) is 2.15. The van der Waals surface area contributed by atoms with Gasteiger partial charge in [0.05, 0.1) is 5.39 Å². The van der Waals surface area contributed by atoms with E-state index in [-0.39, 0.29) is 0 Å². The maximum absolute atomic E-state index is 2.28. The van der Waals surface area contributed by atoms with Crippen LogP contribution in [-0.2, 0) is 7.05 Å². The molecule has 1 heterocycles. The number of fused-ring (bicyclic) bond motifs is 3. The summed E-state index contributed by atoms with van der Waals surface area (Å²) in [4.78, 5) is 0. The number of pyridine rings is 1. The molecule has 0 saturated carbocycles. The molecule has 0 bridgehead atoms. The first kappa shape index (κ1) is 11.2. The summed E-state index contributed by atoms with van der Waals surface area (Å²) in [5.74, 6) is 0. The number of aromatic nitrogens is 1. The Kier molecular flexibility index (Phi) is 2.37. The monoisotopic (exact) mass is 236 g/mol. The van der Waals surface area contributed by atoms with Crippen LogP contribution in [0.2, 0.25) is 0 Å². The minimum atomic E-state index is 1.29. The Labute approximate surface area is 108 Å². The van der Waals surface area contributed by atoms with Crippen molar-refractivity contribution in [3.63, 3.8) is 0 Å². The molecule has 1 aromatic heterocycles. The van der Waals surface area contributed by atoms with Crippen LogP contribution in [0.4, 0.5) is 0 Å². The van der Waals surface area contributed by atoms with E-state index in [2.05, 4.69) is 68.8 Å². The summed E-state index contributed by atoms with van der Waals surface area (Å²) in [6.45, 7) is 6.54. The number of nitrogens with zero attached hydrogens (tertiary/aromatic N) is 1. The molecule has 0 fully saturated rings. The SMILES string of the molecule is Cc1ccc2c(ccc3ccc(C)[n+](C)c32)c1C. The summed E-state index contributed by atoms with van der Waals surface area (Å²) in [6.07, 6.45) is 0. The number of aryl methyl sites for hydroxylation is 4. The standard InChI is InChI=1S/C17H18N/c1-11-5-9-16-15(13(11)3)10-8-14-7-6-12(2)18(4)17(14)16/h5-10H,1-4H3/q+1. The predicted octanol–water partition coefficient (Wildman–Crippen LogP) is 3.74. The fourth-order valence-corrected chi connectivity index (χ4v) is 2.67. The molecule has 0 aliphatic rings. The minimum Gasteiger partial charge on any atom is -0.198 e. The van der Waals surface area contributed by atoms with Crippen LogP contribution in [-0.4, -0.2) is 0 Å². The van der Waals surface area contributed by atoms with Gasteiger partial charge in [-0.25, -0.2) is 0 Å². The molecule has 3 rings (SSSR count). The summed E-state index contributed by atoms with van der Waals surface area (Å²) >= 11 is 0. The molecule has 18 heavy (non-hydrogen) atoms. The van der Waals surface area contributed by atoms with Crippen molar-refractivity contribution in [2.45, 2.75) is 20.8 Å². The fraction of sp³-hybridized carbons (Fsp3) is 0.235. The summed E-state index contributed by atoms with van der Waals surface area (Å²) in [5, 5.41) is 4.02. The number of benzene rings is 2. The lowest BCUT2D eigenvalue weighted by atomic mass is 9.98. The van der Waals surface area contributed by atoms with Crippen molar-refractivity contribution in [3.05, 3.63) is 53.2 Å². The Morgan fingerprint density at radius 1 is 0.778 bits per heavy atom. The zero-order valence-electron chi connectivity index (χ0n) is 11.4. The van der Waals surface area contributed by atoms with Crippen molar-refractivity contribution < 1.29 is 4.57 Å². The van der Waals surface area contributed by atoms with Gasteiger partial charge in [-0.3, -0.25) is 0 Å². The molecule has 0 amide bonds. The average Bonchev–Trinajstić information content (AvgIpc) is 2.37. The molecular weight excluding hydrogens is 218 g/mol. The highest BCUT2D eigenvalue weighted by atomic mass is 14.9. The average molecular weight is 236 g/mol. The topological polar surface area (TPSA) is 3.88 Å². The summed E-state index contributed by atoms with van der Waals surface area (Å²) in [5.41, 5.74) is 5.36. The lowest BCUT2D eigenvalue weighted by Gasteiger charge is -2.08. The highest BCUT2D eigenvalue weighted by molar-refractivity contribution is 6.04. The zero-order valence-corrected chi connectivity index (χ0v) is 11.4. The Morgan fingerprint density at radius 3 is 2.22 bits per heavy atom. The van der Waals surface area contributed by atoms with Gasteiger partial charge in [-0.2, -0.15) is 4.57 Å². The van der Waals surface area contributed by atoms with Crippen molar-refractivity contribution in [2.24, 2.45) is 7.05 Å². The van der Waals surface area contributed by atoms with Gasteiger partial charge in [0.2, 0.25) is 5.52 Å². The molecule has 0 aliphatic heterocycles. The van der Waals surface area contributed by atoms with Crippen molar-refractivity contribution in [3.8, 4) is 0 Å². The minimum absolute atomic E-state index is 1.29. The molecule has 90 valence electrons. The highest BCUT2D eigenvalue weighted by Crippen LogP contribution is 2.27. The molecule has 0 N–H and O–H groups in total. The van der Waals surface area contributed by atoms with Gasteiger partial charge >= 0.3 is 0 Å². The van der Waals surface area contributed by atoms with E-state index in [0.29, 0.717) is 0 Å². The summed E-state index contributed by atoms with van der Waals surface area (Å²) < 4.78 is 2.28. The van der Waals surface area contributed by atoms with Crippen molar-refractivity contribution >= 4 is 21.7 Å². The van der Waals surface area contributed by atoms with Gasteiger partial charge in [-0.05, 0) is 48.6 Å². The van der Waals surface area contributed by atoms with E-state index in [1.807, 2.05) is 0 Å². The van der Waals surface area contributed by atoms with Gasteiger partial charge in [0.1, 0.15) is 7.05 Å². The highest BCUT2D eigenvalue weighted by Gasteiger charge is 2.13. The van der Waals surface area contributed by atoms with Crippen LogP contribution in [0.1, 0.15) is 16.8 Å². The molecule has 0 atom stereocenters. The second kappa shape index (κ2) is 3.81. The smallest absolute Gasteiger partial charge is 0.198 e. The van der Waals surface area contributed by atoms with Gasteiger partial charge in [-0.1, -0.05) is 12.1 Å². The second-order valence-electron chi connectivity index (χ2n) is 5.14. The molecule has 0 spiro atoms. The van der Waals surface area contributed by atoms with E-state index >= 15 is 0 Å². The first-order chi connectivity index (χ1) is 8.59. The lowest BCUT2D eigenvalue weighted by molar-refractivity contribution is -0.650. The van der Waals surface area contributed by atoms with Crippen molar-refractivity contribution in [2.75, 3.05) is 0 Å². The van der Waals surface area contributed by atoms with Gasteiger partial charge in [0.25, 0.3) is 0 Å². The van der Waals surface area contributed by atoms with Crippen LogP contribution in [0.15, 0.2) is 36.4 Å². The number of hydrogen-bond acceptors (Lipinski definition) is 0. The number of rotatable bonds is 0. The van der Waals surface area contributed by atoms with E-state index in [9.17, 15) is 0 Å². The Hall–Kier alpha value is -1.89. The van der Waals surface area contributed by atoms with Gasteiger partial charge < -0.3 is 0 Å². The summed E-state index contributed by atoms with van der Waals surface area (Å²) in [6, 6.07) is 13.3. The molecule has 0 aliphatic carbocycles. The van der Waals surface area contributed by atoms with Gasteiger partial charge in [-0.15, -0.1) is 0 Å². The third-order valence-electron chi connectivity index (χ3n) is 4.11.